The Balaban J connectivity index is 1.18. The molecule has 4 fully saturated rings. The average Bonchev–Trinajstić information content (AvgIpc) is 3.04. The maximum Gasteiger partial charge on any atom is 0.00683 e. The van der Waals surface area contributed by atoms with Crippen LogP contribution in [0.4, 0.5) is 0 Å². The highest BCUT2D eigenvalue weighted by Gasteiger charge is 2.40. The van der Waals surface area contributed by atoms with Crippen LogP contribution in [0.15, 0.2) is 0 Å². The number of hydrogen-bond acceptors (Lipinski definition) is 2. The van der Waals surface area contributed by atoms with Crippen molar-refractivity contribution in [2.24, 2.45) is 23.7 Å². The van der Waals surface area contributed by atoms with E-state index in [4.69, 9.17) is 0 Å². The molecule has 2 heteroatoms. The highest BCUT2D eigenvalue weighted by atomic mass is 15.1. The van der Waals surface area contributed by atoms with Crippen molar-refractivity contribution in [2.75, 3.05) is 26.2 Å². The Bertz CT molecular complexity index is 304. The largest absolute Gasteiger partial charge is 0.314 e. The Kier molecular flexibility index (Phi) is 3.57. The number of hydrogen-bond donors (Lipinski definition) is 1. The molecule has 0 aromatic heterocycles. The highest BCUT2D eigenvalue weighted by molar-refractivity contribution is 4.92. The molecule has 1 heterocycles. The molecular formula is C17H30N2. The molecule has 19 heavy (non-hydrogen) atoms. The number of rotatable bonds is 5. The summed E-state index contributed by atoms with van der Waals surface area (Å²) in [6.07, 6.45) is 12.0. The summed E-state index contributed by atoms with van der Waals surface area (Å²) in [5.74, 6) is 4.27. The van der Waals surface area contributed by atoms with E-state index >= 15 is 0 Å². The zero-order valence-corrected chi connectivity index (χ0v) is 12.3. The predicted octanol–water partition coefficient (Wildman–Crippen LogP) is 2.89. The predicted molar refractivity (Wildman–Crippen MR) is 79.1 cm³/mol. The van der Waals surface area contributed by atoms with Crippen molar-refractivity contribution < 1.29 is 0 Å². The zero-order valence-electron chi connectivity index (χ0n) is 12.3. The Hall–Kier alpha value is -0.0800. The fraction of sp³-hybridized carbons (Fsp3) is 1.00. The molecule has 3 saturated carbocycles. The molecule has 4 rings (SSSR count). The number of piperidine rings is 1. The summed E-state index contributed by atoms with van der Waals surface area (Å²) < 4.78 is 0. The number of fused-ring (bicyclic) bond motifs is 2. The van der Waals surface area contributed by atoms with E-state index in [1.54, 1.807) is 25.7 Å². The Morgan fingerprint density at radius 3 is 2.37 bits per heavy atom. The Morgan fingerprint density at radius 1 is 0.895 bits per heavy atom. The van der Waals surface area contributed by atoms with Crippen LogP contribution in [0.2, 0.25) is 0 Å². The fourth-order valence-corrected chi connectivity index (χ4v) is 4.93. The van der Waals surface area contributed by atoms with Gasteiger partial charge in [0.25, 0.3) is 0 Å². The SMILES string of the molecule is C1CN(CC2CC3CCC2C3)CCC1CNC1CC1. The molecule has 3 aliphatic carbocycles. The van der Waals surface area contributed by atoms with Crippen LogP contribution in [0.5, 0.6) is 0 Å². The first-order valence-corrected chi connectivity index (χ1v) is 8.82. The standard InChI is InChI=1S/C17H30N2/c1-2-15-9-14(1)10-16(15)12-19-7-5-13(6-8-19)11-18-17-3-4-17/h13-18H,1-12H2. The second-order valence-corrected chi connectivity index (χ2v) is 7.86. The first-order chi connectivity index (χ1) is 9.37. The molecule has 1 saturated heterocycles. The maximum absolute atomic E-state index is 3.72. The van der Waals surface area contributed by atoms with Gasteiger partial charge in [0.2, 0.25) is 0 Å². The van der Waals surface area contributed by atoms with E-state index in [0.717, 1.165) is 29.7 Å². The van der Waals surface area contributed by atoms with Crippen molar-refractivity contribution in [3.63, 3.8) is 0 Å². The summed E-state index contributed by atoms with van der Waals surface area (Å²) >= 11 is 0. The van der Waals surface area contributed by atoms with E-state index in [2.05, 4.69) is 10.2 Å². The van der Waals surface area contributed by atoms with Gasteiger partial charge in [0.15, 0.2) is 0 Å². The third-order valence-electron chi connectivity index (χ3n) is 6.36. The van der Waals surface area contributed by atoms with Gasteiger partial charge in [-0.15, -0.1) is 0 Å². The molecule has 0 aromatic rings. The van der Waals surface area contributed by atoms with E-state index in [-0.39, 0.29) is 0 Å². The lowest BCUT2D eigenvalue weighted by Gasteiger charge is -2.35. The van der Waals surface area contributed by atoms with E-state index in [9.17, 15) is 0 Å². The lowest BCUT2D eigenvalue weighted by molar-refractivity contribution is 0.138. The minimum atomic E-state index is 0.895. The second kappa shape index (κ2) is 5.37. The van der Waals surface area contributed by atoms with Crippen LogP contribution in [-0.2, 0) is 0 Å². The smallest absolute Gasteiger partial charge is 0.00683 e. The van der Waals surface area contributed by atoms with Gasteiger partial charge in [-0.1, -0.05) is 6.42 Å². The van der Waals surface area contributed by atoms with Gasteiger partial charge in [0.05, 0.1) is 0 Å². The quantitative estimate of drug-likeness (QED) is 0.819. The van der Waals surface area contributed by atoms with Crippen LogP contribution in [-0.4, -0.2) is 37.1 Å². The van der Waals surface area contributed by atoms with Gasteiger partial charge < -0.3 is 10.2 Å². The van der Waals surface area contributed by atoms with Gasteiger partial charge in [-0.05, 0) is 88.3 Å². The number of likely N-dealkylation sites (tertiary alicyclic amines) is 1. The summed E-state index contributed by atoms with van der Waals surface area (Å²) in [6.45, 7) is 5.49. The highest BCUT2D eigenvalue weighted by Crippen LogP contribution is 2.48. The molecule has 0 aromatic carbocycles. The van der Waals surface area contributed by atoms with Gasteiger partial charge in [-0.25, -0.2) is 0 Å². The van der Waals surface area contributed by atoms with E-state index in [1.165, 1.54) is 51.9 Å². The topological polar surface area (TPSA) is 15.3 Å². The average molecular weight is 262 g/mol. The normalized spacial score (nSPS) is 40.1. The van der Waals surface area contributed by atoms with Crippen LogP contribution in [0.25, 0.3) is 0 Å². The molecule has 1 aliphatic heterocycles. The molecule has 2 nitrogen and oxygen atoms in total. The van der Waals surface area contributed by atoms with E-state index in [1.807, 2.05) is 0 Å². The summed E-state index contributed by atoms with van der Waals surface area (Å²) in [6, 6.07) is 0.895. The first-order valence-electron chi connectivity index (χ1n) is 8.82. The molecule has 0 spiro atoms. The van der Waals surface area contributed by atoms with Crippen LogP contribution >= 0.6 is 0 Å². The third kappa shape index (κ3) is 3.00. The summed E-state index contributed by atoms with van der Waals surface area (Å²) in [4.78, 5) is 2.79. The molecular weight excluding hydrogens is 232 g/mol. The van der Waals surface area contributed by atoms with Gasteiger partial charge in [-0.2, -0.15) is 0 Å². The van der Waals surface area contributed by atoms with Gasteiger partial charge >= 0.3 is 0 Å². The lowest BCUT2D eigenvalue weighted by Crippen LogP contribution is -2.40. The lowest BCUT2D eigenvalue weighted by atomic mass is 9.87. The zero-order chi connectivity index (χ0) is 12.7. The molecule has 108 valence electrons. The fourth-order valence-electron chi connectivity index (χ4n) is 4.93. The van der Waals surface area contributed by atoms with Crippen molar-refractivity contribution in [1.29, 1.82) is 0 Å². The number of nitrogens with one attached hydrogen (secondary N) is 1. The molecule has 4 aliphatic rings. The summed E-state index contributed by atoms with van der Waals surface area (Å²) in [5.41, 5.74) is 0. The molecule has 1 N–H and O–H groups in total. The van der Waals surface area contributed by atoms with Crippen LogP contribution in [0, 0.1) is 23.7 Å². The molecule has 0 amide bonds. The summed E-state index contributed by atoms with van der Waals surface area (Å²) in [5, 5.41) is 3.72. The molecule has 0 radical (unpaired) electrons. The van der Waals surface area contributed by atoms with E-state index < -0.39 is 0 Å². The van der Waals surface area contributed by atoms with Gasteiger partial charge in [-0.3, -0.25) is 0 Å². The van der Waals surface area contributed by atoms with Gasteiger partial charge in [0.1, 0.15) is 0 Å². The van der Waals surface area contributed by atoms with E-state index in [0.29, 0.717) is 0 Å². The molecule has 2 bridgehead atoms. The minimum Gasteiger partial charge on any atom is -0.314 e. The van der Waals surface area contributed by atoms with Crippen LogP contribution in [0.1, 0.15) is 51.4 Å². The van der Waals surface area contributed by atoms with Gasteiger partial charge in [0, 0.05) is 12.6 Å². The Labute approximate surface area is 118 Å². The van der Waals surface area contributed by atoms with Crippen LogP contribution < -0.4 is 5.32 Å². The number of nitrogens with zero attached hydrogens (tertiary/aromatic N) is 1. The second-order valence-electron chi connectivity index (χ2n) is 7.86. The minimum absolute atomic E-state index is 0.895. The third-order valence-corrected chi connectivity index (χ3v) is 6.36. The van der Waals surface area contributed by atoms with Crippen molar-refractivity contribution in [3.05, 3.63) is 0 Å². The molecule has 3 atom stereocenters. The Morgan fingerprint density at radius 2 is 1.74 bits per heavy atom. The van der Waals surface area contributed by atoms with Crippen molar-refractivity contribution in [3.8, 4) is 0 Å². The molecule has 3 unspecified atom stereocenters. The summed E-state index contributed by atoms with van der Waals surface area (Å²) in [7, 11) is 0. The first kappa shape index (κ1) is 12.6. The van der Waals surface area contributed by atoms with Crippen LogP contribution in [0.3, 0.4) is 0 Å². The van der Waals surface area contributed by atoms with Crippen molar-refractivity contribution in [1.82, 2.24) is 10.2 Å². The monoisotopic (exact) mass is 262 g/mol. The van der Waals surface area contributed by atoms with Crippen molar-refractivity contribution >= 4 is 0 Å². The maximum atomic E-state index is 3.72. The van der Waals surface area contributed by atoms with Crippen molar-refractivity contribution in [2.45, 2.75) is 57.4 Å².